The van der Waals surface area contributed by atoms with E-state index in [0.29, 0.717) is 32.5 Å². The van der Waals surface area contributed by atoms with Crippen LogP contribution in [0.2, 0.25) is 0 Å². The zero-order valence-corrected chi connectivity index (χ0v) is 10.7. The summed E-state index contributed by atoms with van der Waals surface area (Å²) in [6, 6.07) is -0.221. The van der Waals surface area contributed by atoms with Crippen LogP contribution in [0.1, 0.15) is 25.7 Å². The lowest BCUT2D eigenvalue weighted by molar-refractivity contribution is -0.149. The second-order valence-electron chi connectivity index (χ2n) is 5.09. The Balaban J connectivity index is 1.70. The number of hydrogen-bond donors (Lipinski definition) is 3. The van der Waals surface area contributed by atoms with E-state index in [2.05, 4.69) is 5.32 Å². The maximum Gasteiger partial charge on any atom is 0.332 e. The van der Waals surface area contributed by atoms with Gasteiger partial charge in [0.2, 0.25) is 0 Å². The summed E-state index contributed by atoms with van der Waals surface area (Å²) in [5, 5.41) is 21.0. The third kappa shape index (κ3) is 3.81. The van der Waals surface area contributed by atoms with Crippen molar-refractivity contribution in [2.75, 3.05) is 19.6 Å². The molecule has 3 unspecified atom stereocenters. The van der Waals surface area contributed by atoms with Crippen molar-refractivity contribution < 1.29 is 24.5 Å². The first kappa shape index (κ1) is 14.1. The largest absolute Gasteiger partial charge is 0.479 e. The highest BCUT2D eigenvalue weighted by atomic mass is 16.5. The predicted octanol–water partition coefficient (Wildman–Crippen LogP) is -0.215. The van der Waals surface area contributed by atoms with Gasteiger partial charge in [-0.3, -0.25) is 0 Å². The minimum absolute atomic E-state index is 0.221. The van der Waals surface area contributed by atoms with Crippen LogP contribution in [-0.4, -0.2) is 65.1 Å². The number of carboxylic acid groups (broad SMARTS) is 1. The highest BCUT2D eigenvalue weighted by molar-refractivity contribution is 5.74. The Morgan fingerprint density at radius 1 is 1.32 bits per heavy atom. The standard InChI is InChI=1S/C12H20N2O5/c15-8-2-1-5-14(7-8)12(18)13-6-9-3-4-10(19-9)11(16)17/h8-10,15H,1-7H2,(H,13,18)(H,16,17). The van der Waals surface area contributed by atoms with Crippen molar-refractivity contribution in [1.29, 1.82) is 0 Å². The van der Waals surface area contributed by atoms with E-state index in [-0.39, 0.29) is 12.1 Å². The first-order valence-electron chi connectivity index (χ1n) is 6.65. The molecule has 108 valence electrons. The molecular formula is C12H20N2O5. The number of piperidine rings is 1. The molecule has 0 bridgehead atoms. The molecule has 2 fully saturated rings. The molecule has 2 rings (SSSR count). The average molecular weight is 272 g/mol. The molecule has 0 aliphatic carbocycles. The molecule has 2 saturated heterocycles. The lowest BCUT2D eigenvalue weighted by atomic mass is 10.1. The summed E-state index contributed by atoms with van der Waals surface area (Å²) in [6.07, 6.45) is 1.22. The summed E-state index contributed by atoms with van der Waals surface area (Å²) < 4.78 is 5.30. The number of ether oxygens (including phenoxy) is 1. The zero-order valence-electron chi connectivity index (χ0n) is 10.7. The molecule has 0 aromatic rings. The second-order valence-corrected chi connectivity index (χ2v) is 5.09. The van der Waals surface area contributed by atoms with Crippen LogP contribution < -0.4 is 5.32 Å². The number of likely N-dealkylation sites (tertiary alicyclic amines) is 1. The van der Waals surface area contributed by atoms with Gasteiger partial charge in [0.25, 0.3) is 0 Å². The number of aliphatic carboxylic acids is 1. The predicted molar refractivity (Wildman–Crippen MR) is 65.7 cm³/mol. The smallest absolute Gasteiger partial charge is 0.332 e. The van der Waals surface area contributed by atoms with Crippen LogP contribution in [0.5, 0.6) is 0 Å². The molecule has 2 amide bonds. The normalized spacial score (nSPS) is 31.2. The fraction of sp³-hybridized carbons (Fsp3) is 0.833. The van der Waals surface area contributed by atoms with Crippen LogP contribution in [0.4, 0.5) is 4.79 Å². The summed E-state index contributed by atoms with van der Waals surface area (Å²) in [5.74, 6) is -0.951. The van der Waals surface area contributed by atoms with Gasteiger partial charge in [0.15, 0.2) is 6.10 Å². The molecule has 7 nitrogen and oxygen atoms in total. The number of urea groups is 1. The van der Waals surface area contributed by atoms with E-state index in [0.717, 1.165) is 12.8 Å². The van der Waals surface area contributed by atoms with Gasteiger partial charge in [0.05, 0.1) is 12.2 Å². The van der Waals surface area contributed by atoms with E-state index in [9.17, 15) is 14.7 Å². The number of carbonyl (C=O) groups is 2. The number of nitrogens with one attached hydrogen (secondary N) is 1. The van der Waals surface area contributed by atoms with Crippen molar-refractivity contribution in [2.24, 2.45) is 0 Å². The van der Waals surface area contributed by atoms with Crippen LogP contribution >= 0.6 is 0 Å². The average Bonchev–Trinajstić information content (AvgIpc) is 2.85. The minimum atomic E-state index is -0.951. The quantitative estimate of drug-likeness (QED) is 0.660. The van der Waals surface area contributed by atoms with E-state index in [1.165, 1.54) is 0 Å². The molecule has 7 heteroatoms. The van der Waals surface area contributed by atoms with Crippen LogP contribution in [0, 0.1) is 0 Å². The van der Waals surface area contributed by atoms with Crippen molar-refractivity contribution in [2.45, 2.75) is 44.0 Å². The molecule has 2 aliphatic rings. The first-order chi connectivity index (χ1) is 9.06. The van der Waals surface area contributed by atoms with E-state index in [4.69, 9.17) is 9.84 Å². The zero-order chi connectivity index (χ0) is 13.8. The van der Waals surface area contributed by atoms with Gasteiger partial charge in [-0.2, -0.15) is 0 Å². The molecule has 0 aromatic heterocycles. The Bertz CT molecular complexity index is 349. The summed E-state index contributed by atoms with van der Waals surface area (Å²) in [7, 11) is 0. The summed E-state index contributed by atoms with van der Waals surface area (Å²) in [6.45, 7) is 1.32. The first-order valence-corrected chi connectivity index (χ1v) is 6.65. The number of carbonyl (C=O) groups excluding carboxylic acids is 1. The number of aliphatic hydroxyl groups excluding tert-OH is 1. The summed E-state index contributed by atoms with van der Waals surface area (Å²) in [4.78, 5) is 24.1. The van der Waals surface area contributed by atoms with Crippen molar-refractivity contribution in [1.82, 2.24) is 10.2 Å². The molecule has 0 aromatic carbocycles. The van der Waals surface area contributed by atoms with E-state index >= 15 is 0 Å². The van der Waals surface area contributed by atoms with Gasteiger partial charge < -0.3 is 25.2 Å². The number of carboxylic acids is 1. The molecule has 0 radical (unpaired) electrons. The van der Waals surface area contributed by atoms with Gasteiger partial charge in [-0.25, -0.2) is 9.59 Å². The maximum absolute atomic E-state index is 11.8. The number of amides is 2. The maximum atomic E-state index is 11.8. The van der Waals surface area contributed by atoms with Crippen LogP contribution in [0.15, 0.2) is 0 Å². The van der Waals surface area contributed by atoms with E-state index < -0.39 is 18.2 Å². The fourth-order valence-electron chi connectivity index (χ4n) is 2.49. The molecule has 0 saturated carbocycles. The summed E-state index contributed by atoms with van der Waals surface area (Å²) >= 11 is 0. The molecule has 2 aliphatic heterocycles. The Morgan fingerprint density at radius 3 is 2.74 bits per heavy atom. The molecule has 2 heterocycles. The lowest BCUT2D eigenvalue weighted by Crippen LogP contribution is -2.48. The number of nitrogens with zero attached hydrogens (tertiary/aromatic N) is 1. The van der Waals surface area contributed by atoms with Crippen molar-refractivity contribution in [3.63, 3.8) is 0 Å². The van der Waals surface area contributed by atoms with Gasteiger partial charge in [0.1, 0.15) is 0 Å². The number of rotatable bonds is 3. The Morgan fingerprint density at radius 2 is 2.11 bits per heavy atom. The van der Waals surface area contributed by atoms with Gasteiger partial charge in [0, 0.05) is 19.6 Å². The van der Waals surface area contributed by atoms with Crippen molar-refractivity contribution in [3.05, 3.63) is 0 Å². The van der Waals surface area contributed by atoms with Gasteiger partial charge in [-0.1, -0.05) is 0 Å². The van der Waals surface area contributed by atoms with Gasteiger partial charge in [-0.15, -0.1) is 0 Å². The van der Waals surface area contributed by atoms with E-state index in [1.807, 2.05) is 0 Å². The Labute approximate surface area is 111 Å². The molecule has 3 atom stereocenters. The van der Waals surface area contributed by atoms with Crippen molar-refractivity contribution in [3.8, 4) is 0 Å². The second kappa shape index (κ2) is 6.21. The summed E-state index contributed by atoms with van der Waals surface area (Å²) in [5.41, 5.74) is 0. The third-order valence-electron chi connectivity index (χ3n) is 3.55. The fourth-order valence-corrected chi connectivity index (χ4v) is 2.49. The highest BCUT2D eigenvalue weighted by Gasteiger charge is 2.31. The minimum Gasteiger partial charge on any atom is -0.479 e. The lowest BCUT2D eigenvalue weighted by Gasteiger charge is -2.30. The number of β-amino-alcohol motifs (C(OH)–C–C–N with tert-alkyl or cyclic N) is 1. The Kier molecular flexibility index (Phi) is 4.60. The van der Waals surface area contributed by atoms with Crippen LogP contribution in [0.3, 0.4) is 0 Å². The molecule has 19 heavy (non-hydrogen) atoms. The van der Waals surface area contributed by atoms with Gasteiger partial charge in [-0.05, 0) is 25.7 Å². The SMILES string of the molecule is O=C(O)C1CCC(CNC(=O)N2CCCC(O)C2)O1. The Hall–Kier alpha value is -1.34. The highest BCUT2D eigenvalue weighted by Crippen LogP contribution is 2.19. The number of aliphatic hydroxyl groups is 1. The van der Waals surface area contributed by atoms with E-state index in [1.54, 1.807) is 4.90 Å². The van der Waals surface area contributed by atoms with Gasteiger partial charge >= 0.3 is 12.0 Å². The monoisotopic (exact) mass is 272 g/mol. The van der Waals surface area contributed by atoms with Crippen LogP contribution in [-0.2, 0) is 9.53 Å². The third-order valence-corrected chi connectivity index (χ3v) is 3.55. The van der Waals surface area contributed by atoms with Crippen molar-refractivity contribution >= 4 is 12.0 Å². The molecule has 0 spiro atoms. The topological polar surface area (TPSA) is 99.1 Å². The number of hydrogen-bond acceptors (Lipinski definition) is 4. The van der Waals surface area contributed by atoms with Crippen LogP contribution in [0.25, 0.3) is 0 Å². The molecular weight excluding hydrogens is 252 g/mol. The molecule has 3 N–H and O–H groups in total.